The lowest BCUT2D eigenvalue weighted by molar-refractivity contribution is -0.136. The number of nitrogens with zero attached hydrogens (tertiary/aromatic N) is 1. The van der Waals surface area contributed by atoms with Crippen LogP contribution in [-0.2, 0) is 9.59 Å². The van der Waals surface area contributed by atoms with Crippen LogP contribution < -0.4 is 10.7 Å². The first-order valence-corrected chi connectivity index (χ1v) is 7.26. The van der Waals surface area contributed by atoms with Gasteiger partial charge in [0.2, 0.25) is 0 Å². The van der Waals surface area contributed by atoms with Crippen LogP contribution in [0.2, 0.25) is 5.02 Å². The van der Waals surface area contributed by atoms with Gasteiger partial charge in [-0.3, -0.25) is 9.59 Å². The number of amides is 2. The fourth-order valence-corrected chi connectivity index (χ4v) is 2.25. The Kier molecular flexibility index (Phi) is 5.08. The highest BCUT2D eigenvalue weighted by Gasteiger charge is 2.14. The van der Waals surface area contributed by atoms with Gasteiger partial charge in [0.1, 0.15) is 0 Å². The SMILES string of the molecule is Cc1c(Cl)cccc1NC(=O)C(=O)N/N=C/c1cccs1. The summed E-state index contributed by atoms with van der Waals surface area (Å²) in [5.41, 5.74) is 3.35. The van der Waals surface area contributed by atoms with E-state index in [1.54, 1.807) is 25.1 Å². The third-order valence-corrected chi connectivity index (χ3v) is 3.84. The summed E-state index contributed by atoms with van der Waals surface area (Å²) in [7, 11) is 0. The van der Waals surface area contributed by atoms with Crippen LogP contribution in [0.15, 0.2) is 40.8 Å². The van der Waals surface area contributed by atoms with Crippen molar-refractivity contribution in [3.63, 3.8) is 0 Å². The van der Waals surface area contributed by atoms with E-state index in [-0.39, 0.29) is 0 Å². The first-order chi connectivity index (χ1) is 10.1. The van der Waals surface area contributed by atoms with Gasteiger partial charge in [-0.25, -0.2) is 5.43 Å². The predicted molar refractivity (Wildman–Crippen MR) is 84.9 cm³/mol. The highest BCUT2D eigenvalue weighted by atomic mass is 35.5. The number of benzene rings is 1. The molecule has 0 aliphatic rings. The van der Waals surface area contributed by atoms with Crippen molar-refractivity contribution in [2.24, 2.45) is 5.10 Å². The van der Waals surface area contributed by atoms with Crippen LogP contribution in [0.5, 0.6) is 0 Å². The fourth-order valence-electron chi connectivity index (χ4n) is 1.49. The molecule has 0 aliphatic heterocycles. The quantitative estimate of drug-likeness (QED) is 0.518. The molecule has 2 N–H and O–H groups in total. The van der Waals surface area contributed by atoms with Crippen molar-refractivity contribution in [2.75, 3.05) is 5.32 Å². The van der Waals surface area contributed by atoms with Crippen LogP contribution in [0, 0.1) is 6.92 Å². The molecule has 2 aromatic rings. The molecule has 0 saturated carbocycles. The highest BCUT2D eigenvalue weighted by molar-refractivity contribution is 7.11. The second-order valence-electron chi connectivity index (χ2n) is 4.08. The van der Waals surface area contributed by atoms with Crippen LogP contribution in [0.25, 0.3) is 0 Å². The maximum absolute atomic E-state index is 11.7. The lowest BCUT2D eigenvalue weighted by atomic mass is 10.2. The van der Waals surface area contributed by atoms with E-state index in [9.17, 15) is 9.59 Å². The van der Waals surface area contributed by atoms with E-state index in [1.165, 1.54) is 17.6 Å². The van der Waals surface area contributed by atoms with Crippen LogP contribution in [0.4, 0.5) is 5.69 Å². The van der Waals surface area contributed by atoms with Crippen LogP contribution in [-0.4, -0.2) is 18.0 Å². The number of halogens is 1. The van der Waals surface area contributed by atoms with Crippen molar-refractivity contribution in [2.45, 2.75) is 6.92 Å². The third kappa shape index (κ3) is 4.14. The number of thiophene rings is 1. The smallest absolute Gasteiger partial charge is 0.317 e. The van der Waals surface area contributed by atoms with Crippen molar-refractivity contribution in [1.29, 1.82) is 0 Å². The molecule has 108 valence electrons. The van der Waals surface area contributed by atoms with Gasteiger partial charge in [0, 0.05) is 15.6 Å². The number of anilines is 1. The second-order valence-corrected chi connectivity index (χ2v) is 5.47. The summed E-state index contributed by atoms with van der Waals surface area (Å²) in [6.07, 6.45) is 1.47. The number of nitrogens with one attached hydrogen (secondary N) is 2. The zero-order valence-electron chi connectivity index (χ0n) is 11.1. The first kappa shape index (κ1) is 15.2. The van der Waals surface area contributed by atoms with Gasteiger partial charge in [0.25, 0.3) is 0 Å². The highest BCUT2D eigenvalue weighted by Crippen LogP contribution is 2.22. The molecule has 0 saturated heterocycles. The van der Waals surface area contributed by atoms with Crippen LogP contribution in [0.3, 0.4) is 0 Å². The Morgan fingerprint density at radius 2 is 2.05 bits per heavy atom. The largest absolute Gasteiger partial charge is 0.329 e. The summed E-state index contributed by atoms with van der Waals surface area (Å²) < 4.78 is 0. The Hall–Kier alpha value is -2.18. The Morgan fingerprint density at radius 3 is 2.76 bits per heavy atom. The standard InChI is InChI=1S/C14H12ClN3O2S/c1-9-11(15)5-2-6-12(9)17-13(19)14(20)18-16-8-10-4-3-7-21-10/h2-8H,1H3,(H,17,19)(H,18,20)/b16-8+. The second kappa shape index (κ2) is 7.01. The zero-order chi connectivity index (χ0) is 15.2. The lowest BCUT2D eigenvalue weighted by Gasteiger charge is -2.08. The van der Waals surface area contributed by atoms with Gasteiger partial charge in [-0.2, -0.15) is 5.10 Å². The molecule has 0 atom stereocenters. The van der Waals surface area contributed by atoms with E-state index in [2.05, 4.69) is 15.8 Å². The molecule has 0 unspecified atom stereocenters. The van der Waals surface area contributed by atoms with Gasteiger partial charge in [-0.1, -0.05) is 23.7 Å². The van der Waals surface area contributed by atoms with E-state index in [4.69, 9.17) is 11.6 Å². The summed E-state index contributed by atoms with van der Waals surface area (Å²) in [6.45, 7) is 1.75. The molecule has 7 heteroatoms. The zero-order valence-corrected chi connectivity index (χ0v) is 12.7. The van der Waals surface area contributed by atoms with E-state index >= 15 is 0 Å². The number of rotatable bonds is 3. The summed E-state index contributed by atoms with van der Waals surface area (Å²) in [5.74, 6) is -1.65. The Balaban J connectivity index is 1.94. The minimum absolute atomic E-state index is 0.491. The molecule has 21 heavy (non-hydrogen) atoms. The van der Waals surface area contributed by atoms with Gasteiger partial charge in [0.15, 0.2) is 0 Å². The molecule has 2 amide bonds. The van der Waals surface area contributed by atoms with Gasteiger partial charge in [-0.05, 0) is 36.1 Å². The van der Waals surface area contributed by atoms with Crippen molar-refractivity contribution >= 4 is 46.7 Å². The lowest BCUT2D eigenvalue weighted by Crippen LogP contribution is -2.32. The van der Waals surface area contributed by atoms with E-state index in [0.29, 0.717) is 16.3 Å². The average molecular weight is 322 g/mol. The Bertz CT molecular complexity index is 684. The topological polar surface area (TPSA) is 70.6 Å². The Labute approximate surface area is 130 Å². The monoisotopic (exact) mass is 321 g/mol. The van der Waals surface area contributed by atoms with Gasteiger partial charge in [-0.15, -0.1) is 11.3 Å². The minimum atomic E-state index is -0.845. The molecule has 0 radical (unpaired) electrons. The molecule has 1 aromatic heterocycles. The maximum atomic E-state index is 11.7. The Morgan fingerprint density at radius 1 is 1.24 bits per heavy atom. The van der Waals surface area contributed by atoms with Crippen LogP contribution in [0.1, 0.15) is 10.4 Å². The van der Waals surface area contributed by atoms with E-state index in [0.717, 1.165) is 4.88 Å². The van der Waals surface area contributed by atoms with Crippen molar-refractivity contribution < 1.29 is 9.59 Å². The normalized spacial score (nSPS) is 10.6. The molecule has 1 heterocycles. The summed E-state index contributed by atoms with van der Waals surface area (Å²) in [4.78, 5) is 24.2. The molecule has 2 rings (SSSR count). The molecule has 0 fully saturated rings. The number of hydrogen-bond donors (Lipinski definition) is 2. The first-order valence-electron chi connectivity index (χ1n) is 6.01. The molecular weight excluding hydrogens is 310 g/mol. The molecule has 1 aromatic carbocycles. The summed E-state index contributed by atoms with van der Waals surface area (Å²) in [5, 5.41) is 8.61. The van der Waals surface area contributed by atoms with Crippen molar-refractivity contribution in [3.8, 4) is 0 Å². The van der Waals surface area contributed by atoms with Gasteiger partial charge >= 0.3 is 11.8 Å². The van der Waals surface area contributed by atoms with Crippen LogP contribution >= 0.6 is 22.9 Å². The fraction of sp³-hybridized carbons (Fsp3) is 0.0714. The average Bonchev–Trinajstić information content (AvgIpc) is 2.97. The van der Waals surface area contributed by atoms with Gasteiger partial charge in [0.05, 0.1) is 6.21 Å². The predicted octanol–water partition coefficient (Wildman–Crippen LogP) is 2.80. The number of carbonyl (C=O) groups is 2. The summed E-state index contributed by atoms with van der Waals surface area (Å²) >= 11 is 7.42. The van der Waals surface area contributed by atoms with Crippen molar-refractivity contribution in [1.82, 2.24) is 5.43 Å². The number of carbonyl (C=O) groups excluding carboxylic acids is 2. The minimum Gasteiger partial charge on any atom is -0.317 e. The van der Waals surface area contributed by atoms with Gasteiger partial charge < -0.3 is 5.32 Å². The number of hydrogen-bond acceptors (Lipinski definition) is 4. The molecule has 0 bridgehead atoms. The summed E-state index contributed by atoms with van der Waals surface area (Å²) in [6, 6.07) is 8.77. The number of hydrazone groups is 1. The third-order valence-electron chi connectivity index (χ3n) is 2.62. The molecular formula is C14H12ClN3O2S. The van der Waals surface area contributed by atoms with E-state index < -0.39 is 11.8 Å². The molecule has 5 nitrogen and oxygen atoms in total. The molecule has 0 spiro atoms. The van der Waals surface area contributed by atoms with Crippen molar-refractivity contribution in [3.05, 3.63) is 51.2 Å². The maximum Gasteiger partial charge on any atom is 0.329 e. The molecule has 0 aliphatic carbocycles. The van der Waals surface area contributed by atoms with E-state index in [1.807, 2.05) is 17.5 Å².